The number of methoxy groups -OCH3 is 1. The zero-order chi connectivity index (χ0) is 5.70. The monoisotopic (exact) mass is 99.1 g/mol. The summed E-state index contributed by atoms with van der Waals surface area (Å²) in [5, 5.41) is 0. The van der Waals surface area contributed by atoms with Crippen molar-refractivity contribution < 1.29 is 4.74 Å². The van der Waals surface area contributed by atoms with Crippen LogP contribution < -0.4 is 0 Å². The zero-order valence-electron chi connectivity index (χ0n) is 4.64. The van der Waals surface area contributed by atoms with Crippen molar-refractivity contribution >= 4 is 6.72 Å². The molecular formula is C5H9NO. The standard InChI is InChI=1S/C5H9NO/c1-4-5(6-2)7-3/h4H,2H2,1,3H3/b5-4-. The van der Waals surface area contributed by atoms with Crippen LogP contribution in [0, 0.1) is 0 Å². The number of nitrogens with zero attached hydrogens (tertiary/aromatic N) is 1. The largest absolute Gasteiger partial charge is 0.481 e. The summed E-state index contributed by atoms with van der Waals surface area (Å²) in [4.78, 5) is 3.51. The van der Waals surface area contributed by atoms with Crippen molar-refractivity contribution in [3.63, 3.8) is 0 Å². The normalized spacial score (nSPS) is 10.9. The van der Waals surface area contributed by atoms with Crippen molar-refractivity contribution in [1.29, 1.82) is 0 Å². The van der Waals surface area contributed by atoms with Gasteiger partial charge in [-0.05, 0) is 19.7 Å². The SMILES string of the molecule is C=N/C(=C/C)OC. The molecule has 2 nitrogen and oxygen atoms in total. The van der Waals surface area contributed by atoms with Crippen LogP contribution >= 0.6 is 0 Å². The molecule has 0 unspecified atom stereocenters. The van der Waals surface area contributed by atoms with Gasteiger partial charge < -0.3 is 4.74 Å². The molecule has 0 bridgehead atoms. The lowest BCUT2D eigenvalue weighted by atomic mass is 10.7. The predicted octanol–water partition coefficient (Wildman–Crippen LogP) is 1.19. The van der Waals surface area contributed by atoms with Crippen LogP contribution in [0.4, 0.5) is 0 Å². The first-order valence-electron chi connectivity index (χ1n) is 2.02. The molecule has 0 aromatic carbocycles. The highest BCUT2D eigenvalue weighted by Crippen LogP contribution is 1.91. The van der Waals surface area contributed by atoms with Gasteiger partial charge in [-0.15, -0.1) is 0 Å². The lowest BCUT2D eigenvalue weighted by Gasteiger charge is -1.92. The molecule has 0 aliphatic heterocycles. The molecule has 0 N–H and O–H groups in total. The molecule has 0 radical (unpaired) electrons. The number of aliphatic imine (C=N–C) groups is 1. The third-order valence-corrected chi connectivity index (χ3v) is 0.612. The molecule has 0 saturated carbocycles. The fourth-order valence-corrected chi connectivity index (χ4v) is 0.274. The van der Waals surface area contributed by atoms with E-state index < -0.39 is 0 Å². The quantitative estimate of drug-likeness (QED) is 0.376. The fourth-order valence-electron chi connectivity index (χ4n) is 0.274. The Kier molecular flexibility index (Phi) is 3.02. The Morgan fingerprint density at radius 2 is 2.43 bits per heavy atom. The molecular weight excluding hydrogens is 90.1 g/mol. The van der Waals surface area contributed by atoms with Gasteiger partial charge in [-0.1, -0.05) is 0 Å². The van der Waals surface area contributed by atoms with E-state index in [0.717, 1.165) is 0 Å². The summed E-state index contributed by atoms with van der Waals surface area (Å²) in [6.45, 7) is 5.10. The summed E-state index contributed by atoms with van der Waals surface area (Å²) < 4.78 is 4.68. The average Bonchev–Trinajstić information content (AvgIpc) is 1.72. The summed E-state index contributed by atoms with van der Waals surface area (Å²) in [5.74, 6) is 0.569. The summed E-state index contributed by atoms with van der Waals surface area (Å²) in [7, 11) is 1.56. The van der Waals surface area contributed by atoms with E-state index in [0.29, 0.717) is 5.88 Å². The van der Waals surface area contributed by atoms with Crippen molar-refractivity contribution in [2.75, 3.05) is 7.11 Å². The molecule has 0 aromatic rings. The van der Waals surface area contributed by atoms with E-state index in [1.54, 1.807) is 13.2 Å². The van der Waals surface area contributed by atoms with E-state index in [-0.39, 0.29) is 0 Å². The van der Waals surface area contributed by atoms with Crippen LogP contribution in [0.1, 0.15) is 6.92 Å². The first-order valence-corrected chi connectivity index (χ1v) is 2.02. The topological polar surface area (TPSA) is 21.6 Å². The second-order valence-electron chi connectivity index (χ2n) is 0.989. The third-order valence-electron chi connectivity index (χ3n) is 0.612. The Balaban J connectivity index is 3.60. The minimum Gasteiger partial charge on any atom is -0.481 e. The number of hydrogen-bond acceptors (Lipinski definition) is 2. The van der Waals surface area contributed by atoms with Gasteiger partial charge in [0.2, 0.25) is 5.88 Å². The Hall–Kier alpha value is -0.790. The summed E-state index contributed by atoms with van der Waals surface area (Å²) in [5.41, 5.74) is 0. The van der Waals surface area contributed by atoms with Crippen LogP contribution in [-0.4, -0.2) is 13.8 Å². The highest BCUT2D eigenvalue weighted by atomic mass is 16.5. The van der Waals surface area contributed by atoms with Gasteiger partial charge in [0, 0.05) is 0 Å². The van der Waals surface area contributed by atoms with E-state index in [4.69, 9.17) is 0 Å². The van der Waals surface area contributed by atoms with Crippen molar-refractivity contribution in [3.05, 3.63) is 12.0 Å². The smallest absolute Gasteiger partial charge is 0.207 e. The summed E-state index contributed by atoms with van der Waals surface area (Å²) >= 11 is 0. The summed E-state index contributed by atoms with van der Waals surface area (Å²) in [6, 6.07) is 0. The predicted molar refractivity (Wildman–Crippen MR) is 30.3 cm³/mol. The van der Waals surface area contributed by atoms with Gasteiger partial charge >= 0.3 is 0 Å². The van der Waals surface area contributed by atoms with Crippen molar-refractivity contribution in [2.24, 2.45) is 4.99 Å². The van der Waals surface area contributed by atoms with Gasteiger partial charge in [0.25, 0.3) is 0 Å². The van der Waals surface area contributed by atoms with Crippen molar-refractivity contribution in [2.45, 2.75) is 6.92 Å². The third kappa shape index (κ3) is 1.98. The molecule has 40 valence electrons. The van der Waals surface area contributed by atoms with Crippen LogP contribution in [0.25, 0.3) is 0 Å². The molecule has 0 rings (SSSR count). The highest BCUT2D eigenvalue weighted by Gasteiger charge is 1.78. The molecule has 0 aliphatic carbocycles. The molecule has 0 saturated heterocycles. The first-order chi connectivity index (χ1) is 3.35. The zero-order valence-corrected chi connectivity index (χ0v) is 4.64. The average molecular weight is 99.1 g/mol. The molecule has 2 heteroatoms. The second-order valence-corrected chi connectivity index (χ2v) is 0.989. The van der Waals surface area contributed by atoms with Crippen molar-refractivity contribution in [1.82, 2.24) is 0 Å². The lowest BCUT2D eigenvalue weighted by Crippen LogP contribution is -1.77. The molecule has 0 fully saturated rings. The maximum absolute atomic E-state index is 4.68. The molecule has 7 heavy (non-hydrogen) atoms. The van der Waals surface area contributed by atoms with Gasteiger partial charge in [-0.25, -0.2) is 4.99 Å². The van der Waals surface area contributed by atoms with E-state index in [1.807, 2.05) is 6.92 Å². The van der Waals surface area contributed by atoms with Gasteiger partial charge in [0.15, 0.2) is 0 Å². The Morgan fingerprint density at radius 3 is 2.43 bits per heavy atom. The molecule has 0 atom stereocenters. The maximum Gasteiger partial charge on any atom is 0.207 e. The van der Waals surface area contributed by atoms with Gasteiger partial charge in [0.1, 0.15) is 0 Å². The Morgan fingerprint density at radius 1 is 1.86 bits per heavy atom. The van der Waals surface area contributed by atoms with E-state index in [2.05, 4.69) is 16.4 Å². The van der Waals surface area contributed by atoms with Gasteiger partial charge in [-0.2, -0.15) is 0 Å². The highest BCUT2D eigenvalue weighted by molar-refractivity contribution is 5.27. The van der Waals surface area contributed by atoms with Crippen LogP contribution in [0.2, 0.25) is 0 Å². The first kappa shape index (κ1) is 6.21. The molecule has 0 aliphatic rings. The number of hydrogen-bond donors (Lipinski definition) is 0. The molecule has 0 heterocycles. The maximum atomic E-state index is 4.68. The van der Waals surface area contributed by atoms with Gasteiger partial charge in [0.05, 0.1) is 7.11 Å². The Labute approximate surface area is 43.5 Å². The Bertz CT molecular complexity index is 86.1. The van der Waals surface area contributed by atoms with Crippen LogP contribution in [-0.2, 0) is 4.74 Å². The second kappa shape index (κ2) is 3.40. The number of allylic oxidation sites excluding steroid dienone is 1. The molecule has 0 spiro atoms. The molecule has 0 aromatic heterocycles. The van der Waals surface area contributed by atoms with Crippen LogP contribution in [0.3, 0.4) is 0 Å². The van der Waals surface area contributed by atoms with E-state index >= 15 is 0 Å². The van der Waals surface area contributed by atoms with E-state index in [9.17, 15) is 0 Å². The minimum absolute atomic E-state index is 0.569. The van der Waals surface area contributed by atoms with Crippen molar-refractivity contribution in [3.8, 4) is 0 Å². The minimum atomic E-state index is 0.569. The van der Waals surface area contributed by atoms with Crippen LogP contribution in [0.15, 0.2) is 17.0 Å². The van der Waals surface area contributed by atoms with E-state index in [1.165, 1.54) is 0 Å². The fraction of sp³-hybridized carbons (Fsp3) is 0.400. The number of rotatable bonds is 2. The van der Waals surface area contributed by atoms with Crippen LogP contribution in [0.5, 0.6) is 0 Å². The van der Waals surface area contributed by atoms with Gasteiger partial charge in [-0.3, -0.25) is 0 Å². The lowest BCUT2D eigenvalue weighted by molar-refractivity contribution is 0.288. The molecule has 0 amide bonds. The number of ether oxygens (including phenoxy) is 1. The summed E-state index contributed by atoms with van der Waals surface area (Å²) in [6.07, 6.45) is 1.74.